The molecule has 4 nitrogen and oxygen atoms in total. The van der Waals surface area contributed by atoms with Gasteiger partial charge >= 0.3 is 0 Å². The van der Waals surface area contributed by atoms with Crippen molar-refractivity contribution < 1.29 is 12.8 Å². The van der Waals surface area contributed by atoms with Crippen molar-refractivity contribution in [1.29, 1.82) is 0 Å². The van der Waals surface area contributed by atoms with Gasteiger partial charge < -0.3 is 5.73 Å². The van der Waals surface area contributed by atoms with E-state index in [4.69, 9.17) is 17.3 Å². The third-order valence-electron chi connectivity index (χ3n) is 2.92. The number of sulfonamides is 1. The zero-order chi connectivity index (χ0) is 15.8. The molecular weight excluding hydrogens is 315 g/mol. The molecule has 0 aliphatic heterocycles. The van der Waals surface area contributed by atoms with Gasteiger partial charge in [0.05, 0.1) is 15.6 Å². The zero-order valence-corrected chi connectivity index (χ0v) is 13.0. The fourth-order valence-electron chi connectivity index (χ4n) is 2.17. The Bertz CT molecular complexity index is 784. The lowest BCUT2D eigenvalue weighted by atomic mass is 10.1. The molecule has 0 aromatic heterocycles. The second-order valence-electron chi connectivity index (χ2n) is 4.72. The summed E-state index contributed by atoms with van der Waals surface area (Å²) in [7, 11) is -3.81. The molecule has 0 aliphatic rings. The highest BCUT2D eigenvalue weighted by Crippen LogP contribution is 2.26. The number of hydrogen-bond donors (Lipinski definition) is 2. The average molecular weight is 329 g/mol. The van der Waals surface area contributed by atoms with Crippen molar-refractivity contribution in [2.45, 2.75) is 18.7 Å². The van der Waals surface area contributed by atoms with Crippen LogP contribution in [0, 0.1) is 19.7 Å². The summed E-state index contributed by atoms with van der Waals surface area (Å²) in [5, 5.41) is -0.152. The zero-order valence-electron chi connectivity index (χ0n) is 11.4. The van der Waals surface area contributed by atoms with E-state index in [1.54, 1.807) is 26.0 Å². The molecule has 0 radical (unpaired) electrons. The number of anilines is 2. The van der Waals surface area contributed by atoms with Crippen LogP contribution in [0.15, 0.2) is 35.2 Å². The molecule has 0 atom stereocenters. The molecule has 0 saturated heterocycles. The van der Waals surface area contributed by atoms with Crippen molar-refractivity contribution in [2.75, 3.05) is 10.5 Å². The highest BCUT2D eigenvalue weighted by Gasteiger charge is 2.20. The quantitative estimate of drug-likeness (QED) is 0.847. The first-order valence-electron chi connectivity index (χ1n) is 6.05. The Morgan fingerprint density at radius 3 is 2.24 bits per heavy atom. The molecule has 0 aliphatic carbocycles. The van der Waals surface area contributed by atoms with Gasteiger partial charge in [-0.1, -0.05) is 11.6 Å². The van der Waals surface area contributed by atoms with Gasteiger partial charge in [-0.2, -0.15) is 0 Å². The van der Waals surface area contributed by atoms with E-state index in [2.05, 4.69) is 4.72 Å². The number of benzene rings is 2. The van der Waals surface area contributed by atoms with Crippen LogP contribution in [0.25, 0.3) is 0 Å². The number of nitrogen functional groups attached to an aromatic ring is 1. The molecule has 7 heteroatoms. The Balaban J connectivity index is 2.46. The molecule has 2 rings (SSSR count). The number of hydrogen-bond acceptors (Lipinski definition) is 3. The van der Waals surface area contributed by atoms with Gasteiger partial charge in [0.25, 0.3) is 10.0 Å². The van der Waals surface area contributed by atoms with E-state index in [0.717, 1.165) is 6.07 Å². The van der Waals surface area contributed by atoms with Crippen LogP contribution in [-0.2, 0) is 10.0 Å². The molecule has 0 unspecified atom stereocenters. The third kappa shape index (κ3) is 3.28. The largest absolute Gasteiger partial charge is 0.399 e. The molecule has 3 N–H and O–H groups in total. The number of nitrogens with two attached hydrogens (primary N) is 1. The fraction of sp³-hybridized carbons (Fsp3) is 0.143. The lowest BCUT2D eigenvalue weighted by Crippen LogP contribution is -2.16. The van der Waals surface area contributed by atoms with Gasteiger partial charge in [0.15, 0.2) is 0 Å². The molecule has 2 aromatic carbocycles. The number of rotatable bonds is 3. The summed E-state index contributed by atoms with van der Waals surface area (Å²) in [6, 6.07) is 6.79. The highest BCUT2D eigenvalue weighted by atomic mass is 35.5. The van der Waals surface area contributed by atoms with Crippen LogP contribution >= 0.6 is 11.6 Å². The van der Waals surface area contributed by atoms with Crippen LogP contribution < -0.4 is 10.5 Å². The lowest BCUT2D eigenvalue weighted by molar-refractivity contribution is 0.600. The number of nitrogens with one attached hydrogen (secondary N) is 1. The summed E-state index contributed by atoms with van der Waals surface area (Å²) >= 11 is 5.65. The van der Waals surface area contributed by atoms with Crippen LogP contribution in [0.1, 0.15) is 11.1 Å². The van der Waals surface area contributed by atoms with Gasteiger partial charge in [0.1, 0.15) is 5.82 Å². The normalized spacial score (nSPS) is 11.4. The van der Waals surface area contributed by atoms with Crippen LogP contribution in [0.2, 0.25) is 5.02 Å². The van der Waals surface area contributed by atoms with E-state index in [-0.39, 0.29) is 15.6 Å². The van der Waals surface area contributed by atoms with Gasteiger partial charge in [0.2, 0.25) is 0 Å². The number of halogens is 2. The first kappa shape index (κ1) is 15.6. The van der Waals surface area contributed by atoms with E-state index in [9.17, 15) is 12.8 Å². The van der Waals surface area contributed by atoms with Gasteiger partial charge in [-0.15, -0.1) is 0 Å². The molecular formula is C14H14ClFN2O2S. The van der Waals surface area contributed by atoms with Gasteiger partial charge in [0, 0.05) is 5.69 Å². The van der Waals surface area contributed by atoms with Crippen molar-refractivity contribution in [3.63, 3.8) is 0 Å². The first-order valence-corrected chi connectivity index (χ1v) is 7.91. The third-order valence-corrected chi connectivity index (χ3v) is 4.90. The van der Waals surface area contributed by atoms with Gasteiger partial charge in [-0.25, -0.2) is 12.8 Å². The van der Waals surface area contributed by atoms with E-state index >= 15 is 0 Å². The van der Waals surface area contributed by atoms with E-state index < -0.39 is 15.8 Å². The Morgan fingerprint density at radius 1 is 1.14 bits per heavy atom. The van der Waals surface area contributed by atoms with Crippen LogP contribution in [-0.4, -0.2) is 8.42 Å². The van der Waals surface area contributed by atoms with Crippen molar-refractivity contribution in [2.24, 2.45) is 0 Å². The Kier molecular flexibility index (Phi) is 4.11. The summed E-state index contributed by atoms with van der Waals surface area (Å²) in [5.74, 6) is -0.612. The second-order valence-corrected chi connectivity index (χ2v) is 6.74. The van der Waals surface area contributed by atoms with Crippen molar-refractivity contribution in [3.8, 4) is 0 Å². The summed E-state index contributed by atoms with van der Waals surface area (Å²) in [5.41, 5.74) is 7.44. The molecule has 2 aromatic rings. The van der Waals surface area contributed by atoms with Gasteiger partial charge in [-0.3, -0.25) is 4.72 Å². The minimum Gasteiger partial charge on any atom is -0.399 e. The Morgan fingerprint density at radius 2 is 1.71 bits per heavy atom. The average Bonchev–Trinajstić information content (AvgIpc) is 2.31. The van der Waals surface area contributed by atoms with E-state index in [1.807, 2.05) is 0 Å². The molecule has 0 bridgehead atoms. The van der Waals surface area contributed by atoms with Crippen molar-refractivity contribution >= 4 is 33.0 Å². The van der Waals surface area contributed by atoms with Crippen molar-refractivity contribution in [3.05, 3.63) is 52.3 Å². The van der Waals surface area contributed by atoms with Crippen molar-refractivity contribution in [1.82, 2.24) is 0 Å². The smallest absolute Gasteiger partial charge is 0.262 e. The molecule has 112 valence electrons. The lowest BCUT2D eigenvalue weighted by Gasteiger charge is -2.14. The molecule has 0 amide bonds. The maximum atomic E-state index is 13.1. The SMILES string of the molecule is Cc1cc(N)cc(C)c1S(=O)(=O)Nc1ccc(F)c(Cl)c1. The van der Waals surface area contributed by atoms with Crippen LogP contribution in [0.4, 0.5) is 15.8 Å². The molecule has 0 heterocycles. The summed E-state index contributed by atoms with van der Waals surface area (Å²) in [6.07, 6.45) is 0. The summed E-state index contributed by atoms with van der Waals surface area (Å²) in [6.45, 7) is 3.32. The summed E-state index contributed by atoms with van der Waals surface area (Å²) < 4.78 is 40.4. The van der Waals surface area contributed by atoms with E-state index in [1.165, 1.54) is 12.1 Å². The molecule has 0 fully saturated rings. The topological polar surface area (TPSA) is 72.2 Å². The van der Waals surface area contributed by atoms with Gasteiger partial charge in [-0.05, 0) is 55.3 Å². The highest BCUT2D eigenvalue weighted by molar-refractivity contribution is 7.92. The Labute approximate surface area is 127 Å². The molecule has 0 saturated carbocycles. The molecule has 21 heavy (non-hydrogen) atoms. The first-order chi connectivity index (χ1) is 9.70. The minimum absolute atomic E-state index is 0.150. The predicted octanol–water partition coefficient (Wildman–Crippen LogP) is 3.48. The minimum atomic E-state index is -3.81. The second kappa shape index (κ2) is 5.54. The maximum absolute atomic E-state index is 13.1. The predicted molar refractivity (Wildman–Crippen MR) is 82.5 cm³/mol. The number of aryl methyl sites for hydroxylation is 2. The summed E-state index contributed by atoms with van der Waals surface area (Å²) in [4.78, 5) is 0.150. The maximum Gasteiger partial charge on any atom is 0.262 e. The van der Waals surface area contributed by atoms with Crippen LogP contribution in [0.3, 0.4) is 0 Å². The standard InChI is InChI=1S/C14H14ClFN2O2S/c1-8-5-10(17)6-9(2)14(8)21(19,20)18-11-3-4-13(16)12(15)7-11/h3-7,18H,17H2,1-2H3. The molecule has 0 spiro atoms. The monoisotopic (exact) mass is 328 g/mol. The Hall–Kier alpha value is -1.79. The fourth-order valence-corrected chi connectivity index (χ4v) is 3.86. The van der Waals surface area contributed by atoms with E-state index in [0.29, 0.717) is 16.8 Å². The van der Waals surface area contributed by atoms with Crippen LogP contribution in [0.5, 0.6) is 0 Å².